The summed E-state index contributed by atoms with van der Waals surface area (Å²) >= 11 is 3.44. The molecule has 0 unspecified atom stereocenters. The van der Waals surface area contributed by atoms with Gasteiger partial charge in [0.25, 0.3) is 0 Å². The molecule has 1 aromatic carbocycles. The number of imidazole rings is 1. The second-order valence-electron chi connectivity index (χ2n) is 4.44. The Morgan fingerprint density at radius 1 is 1.44 bits per heavy atom. The lowest BCUT2D eigenvalue weighted by molar-refractivity contribution is 0.526. The molecule has 1 heterocycles. The molecule has 86 valence electrons. The summed E-state index contributed by atoms with van der Waals surface area (Å²) in [5.74, 6) is 1.28. The van der Waals surface area contributed by atoms with Crippen molar-refractivity contribution in [3.63, 3.8) is 0 Å². The van der Waals surface area contributed by atoms with E-state index in [9.17, 15) is 0 Å². The van der Waals surface area contributed by atoms with Crippen molar-refractivity contribution >= 4 is 32.9 Å². The third-order valence-corrected chi connectivity index (χ3v) is 3.16. The van der Waals surface area contributed by atoms with Gasteiger partial charge >= 0.3 is 0 Å². The topological polar surface area (TPSA) is 43.8 Å². The van der Waals surface area contributed by atoms with Gasteiger partial charge in [0.15, 0.2) is 0 Å². The molecule has 2 N–H and O–H groups in total. The van der Waals surface area contributed by atoms with Crippen LogP contribution in [0.4, 0.5) is 5.95 Å². The van der Waals surface area contributed by atoms with Crippen LogP contribution >= 0.6 is 15.9 Å². The predicted octanol–water partition coefficient (Wildman–Crippen LogP) is 3.43. The number of nitrogens with two attached hydrogens (primary N) is 1. The Morgan fingerprint density at radius 3 is 2.88 bits per heavy atom. The molecule has 0 fully saturated rings. The molecule has 0 radical (unpaired) electrons. The Bertz CT molecular complexity index is 502. The van der Waals surface area contributed by atoms with Crippen LogP contribution in [0.25, 0.3) is 11.0 Å². The average molecular weight is 282 g/mol. The highest BCUT2D eigenvalue weighted by molar-refractivity contribution is 9.10. The van der Waals surface area contributed by atoms with E-state index in [1.807, 2.05) is 12.1 Å². The molecule has 0 aliphatic heterocycles. The van der Waals surface area contributed by atoms with Crippen LogP contribution < -0.4 is 5.73 Å². The first-order valence-corrected chi connectivity index (χ1v) is 6.28. The fourth-order valence-corrected chi connectivity index (χ4v) is 2.09. The minimum Gasteiger partial charge on any atom is -0.369 e. The monoisotopic (exact) mass is 281 g/mol. The highest BCUT2D eigenvalue weighted by Gasteiger charge is 2.08. The zero-order valence-corrected chi connectivity index (χ0v) is 11.2. The number of nitrogens with zero attached hydrogens (tertiary/aromatic N) is 2. The van der Waals surface area contributed by atoms with Crippen molar-refractivity contribution in [3.05, 3.63) is 22.7 Å². The van der Waals surface area contributed by atoms with Crippen molar-refractivity contribution in [1.82, 2.24) is 9.55 Å². The van der Waals surface area contributed by atoms with E-state index in [-0.39, 0.29) is 0 Å². The number of fused-ring (bicyclic) bond motifs is 1. The zero-order chi connectivity index (χ0) is 11.7. The van der Waals surface area contributed by atoms with E-state index in [4.69, 9.17) is 5.73 Å². The van der Waals surface area contributed by atoms with Crippen LogP contribution in [0, 0.1) is 5.92 Å². The molecule has 3 nitrogen and oxygen atoms in total. The Hall–Kier alpha value is -1.03. The van der Waals surface area contributed by atoms with Gasteiger partial charge in [-0.25, -0.2) is 4.98 Å². The van der Waals surface area contributed by atoms with Crippen molar-refractivity contribution in [3.8, 4) is 0 Å². The molecule has 2 rings (SSSR count). The van der Waals surface area contributed by atoms with Gasteiger partial charge < -0.3 is 10.3 Å². The second-order valence-corrected chi connectivity index (χ2v) is 5.35. The van der Waals surface area contributed by atoms with Gasteiger partial charge in [-0.3, -0.25) is 0 Å². The molecular formula is C12H16BrN3. The standard InChI is InChI=1S/C12H16BrN3/c1-8(2)5-6-16-11-4-3-9(13)7-10(11)15-12(16)14/h3-4,7-8H,5-6H2,1-2H3,(H2,14,15). The molecule has 0 aliphatic carbocycles. The number of hydrogen-bond donors (Lipinski definition) is 1. The van der Waals surface area contributed by atoms with Gasteiger partial charge in [-0.1, -0.05) is 29.8 Å². The first-order chi connectivity index (χ1) is 7.58. The first kappa shape index (κ1) is 11.5. The maximum Gasteiger partial charge on any atom is 0.201 e. The summed E-state index contributed by atoms with van der Waals surface area (Å²) in [6.07, 6.45) is 1.12. The molecular weight excluding hydrogens is 266 g/mol. The van der Waals surface area contributed by atoms with Crippen molar-refractivity contribution < 1.29 is 0 Å². The number of hydrogen-bond acceptors (Lipinski definition) is 2. The smallest absolute Gasteiger partial charge is 0.201 e. The summed E-state index contributed by atoms with van der Waals surface area (Å²) in [5.41, 5.74) is 7.99. The maximum atomic E-state index is 5.93. The quantitative estimate of drug-likeness (QED) is 0.937. The van der Waals surface area contributed by atoms with Gasteiger partial charge in [-0.2, -0.15) is 0 Å². The van der Waals surface area contributed by atoms with Crippen molar-refractivity contribution in [2.45, 2.75) is 26.8 Å². The minimum absolute atomic E-state index is 0.605. The summed E-state index contributed by atoms with van der Waals surface area (Å²) in [7, 11) is 0. The summed E-state index contributed by atoms with van der Waals surface area (Å²) in [5, 5.41) is 0. The lowest BCUT2D eigenvalue weighted by Gasteiger charge is -2.08. The molecule has 0 amide bonds. The van der Waals surface area contributed by atoms with E-state index in [0.29, 0.717) is 11.9 Å². The van der Waals surface area contributed by atoms with E-state index >= 15 is 0 Å². The highest BCUT2D eigenvalue weighted by atomic mass is 79.9. The third-order valence-electron chi connectivity index (χ3n) is 2.67. The molecule has 0 saturated heterocycles. The Morgan fingerprint density at radius 2 is 2.19 bits per heavy atom. The molecule has 4 heteroatoms. The Labute approximate surface area is 104 Å². The number of aromatic nitrogens is 2. The second kappa shape index (κ2) is 4.45. The van der Waals surface area contributed by atoms with E-state index in [1.54, 1.807) is 0 Å². The lowest BCUT2D eigenvalue weighted by atomic mass is 10.1. The van der Waals surface area contributed by atoms with Gasteiger partial charge in [-0.15, -0.1) is 0 Å². The zero-order valence-electron chi connectivity index (χ0n) is 9.57. The molecule has 0 spiro atoms. The molecule has 0 saturated carbocycles. The van der Waals surface area contributed by atoms with E-state index in [0.717, 1.165) is 28.5 Å². The third kappa shape index (κ3) is 2.21. The van der Waals surface area contributed by atoms with Crippen LogP contribution in [0.2, 0.25) is 0 Å². The van der Waals surface area contributed by atoms with Crippen molar-refractivity contribution in [1.29, 1.82) is 0 Å². The maximum absolute atomic E-state index is 5.93. The number of rotatable bonds is 3. The molecule has 16 heavy (non-hydrogen) atoms. The van der Waals surface area contributed by atoms with E-state index in [2.05, 4.69) is 45.4 Å². The number of nitrogen functional groups attached to an aromatic ring is 1. The molecule has 0 aliphatic rings. The molecule has 1 aromatic heterocycles. The normalized spacial score (nSPS) is 11.5. The molecule has 2 aromatic rings. The number of halogens is 1. The van der Waals surface area contributed by atoms with Crippen LogP contribution in [0.15, 0.2) is 22.7 Å². The highest BCUT2D eigenvalue weighted by Crippen LogP contribution is 2.22. The Balaban J connectivity index is 2.40. The van der Waals surface area contributed by atoms with Crippen molar-refractivity contribution in [2.24, 2.45) is 5.92 Å². The SMILES string of the molecule is CC(C)CCn1c(N)nc2cc(Br)ccc21. The molecule has 0 atom stereocenters. The number of benzene rings is 1. The van der Waals surface area contributed by atoms with Crippen LogP contribution in [0.5, 0.6) is 0 Å². The van der Waals surface area contributed by atoms with Crippen LogP contribution in [-0.4, -0.2) is 9.55 Å². The van der Waals surface area contributed by atoms with E-state index in [1.165, 1.54) is 0 Å². The average Bonchev–Trinajstić information content (AvgIpc) is 2.50. The summed E-state index contributed by atoms with van der Waals surface area (Å²) < 4.78 is 3.12. The predicted molar refractivity (Wildman–Crippen MR) is 71.3 cm³/mol. The van der Waals surface area contributed by atoms with Crippen molar-refractivity contribution in [2.75, 3.05) is 5.73 Å². The lowest BCUT2D eigenvalue weighted by Crippen LogP contribution is -2.05. The fourth-order valence-electron chi connectivity index (χ4n) is 1.74. The van der Waals surface area contributed by atoms with Crippen LogP contribution in [0.3, 0.4) is 0 Å². The van der Waals surface area contributed by atoms with Gasteiger partial charge in [0, 0.05) is 11.0 Å². The van der Waals surface area contributed by atoms with Gasteiger partial charge in [0.1, 0.15) is 0 Å². The molecule has 0 bridgehead atoms. The van der Waals surface area contributed by atoms with Gasteiger partial charge in [0.05, 0.1) is 11.0 Å². The van der Waals surface area contributed by atoms with Crippen LogP contribution in [-0.2, 0) is 6.54 Å². The number of aryl methyl sites for hydroxylation is 1. The van der Waals surface area contributed by atoms with Crippen LogP contribution in [0.1, 0.15) is 20.3 Å². The summed E-state index contributed by atoms with van der Waals surface area (Å²) in [6, 6.07) is 6.08. The van der Waals surface area contributed by atoms with E-state index < -0.39 is 0 Å². The number of anilines is 1. The van der Waals surface area contributed by atoms with Gasteiger partial charge in [0.2, 0.25) is 5.95 Å². The first-order valence-electron chi connectivity index (χ1n) is 5.49. The van der Waals surface area contributed by atoms with Gasteiger partial charge in [-0.05, 0) is 30.5 Å². The largest absolute Gasteiger partial charge is 0.369 e. The fraction of sp³-hybridized carbons (Fsp3) is 0.417. The summed E-state index contributed by atoms with van der Waals surface area (Å²) in [4.78, 5) is 4.36. The Kier molecular flexibility index (Phi) is 3.19. The summed E-state index contributed by atoms with van der Waals surface area (Å²) in [6.45, 7) is 5.36. The minimum atomic E-state index is 0.605.